The number of hydrogen-bond acceptors (Lipinski definition) is 4. The van der Waals surface area contributed by atoms with Crippen molar-refractivity contribution < 1.29 is 18.0 Å². The third-order valence-corrected chi connectivity index (χ3v) is 6.53. The van der Waals surface area contributed by atoms with Gasteiger partial charge in [0.1, 0.15) is 0 Å². The monoisotopic (exact) mass is 381 g/mol. The SMILES string of the molecule is CCN(CC)S(=O)(=O)c1cccc(C(=O)N[C@@H](C)CN2CCCC2=O)c1. The first-order chi connectivity index (χ1) is 12.3. The summed E-state index contributed by atoms with van der Waals surface area (Å²) < 4.78 is 26.6. The first-order valence-electron chi connectivity index (χ1n) is 8.98. The first kappa shape index (κ1) is 20.4. The fourth-order valence-corrected chi connectivity index (χ4v) is 4.60. The summed E-state index contributed by atoms with van der Waals surface area (Å²) in [6, 6.07) is 5.84. The average molecular weight is 381 g/mol. The first-order valence-corrected chi connectivity index (χ1v) is 10.4. The van der Waals surface area contributed by atoms with Crippen LogP contribution in [-0.2, 0) is 14.8 Å². The normalized spacial score (nSPS) is 16.2. The molecule has 1 aliphatic rings. The van der Waals surface area contributed by atoms with E-state index in [1.807, 2.05) is 6.92 Å². The Bertz CT molecular complexity index is 759. The van der Waals surface area contributed by atoms with Crippen molar-refractivity contribution in [3.63, 3.8) is 0 Å². The minimum absolute atomic E-state index is 0.108. The van der Waals surface area contributed by atoms with E-state index in [0.717, 1.165) is 13.0 Å². The van der Waals surface area contributed by atoms with Gasteiger partial charge in [-0.25, -0.2) is 8.42 Å². The molecule has 1 fully saturated rings. The molecule has 2 rings (SSSR count). The number of amides is 2. The van der Waals surface area contributed by atoms with Gasteiger partial charge in [-0.2, -0.15) is 4.31 Å². The van der Waals surface area contributed by atoms with Gasteiger partial charge in [-0.1, -0.05) is 19.9 Å². The summed E-state index contributed by atoms with van der Waals surface area (Å²) in [4.78, 5) is 26.0. The van der Waals surface area contributed by atoms with Gasteiger partial charge < -0.3 is 10.2 Å². The minimum atomic E-state index is -3.61. The van der Waals surface area contributed by atoms with Crippen LogP contribution in [0.1, 0.15) is 44.0 Å². The van der Waals surface area contributed by atoms with Crippen LogP contribution in [0.25, 0.3) is 0 Å². The standard InChI is InChI=1S/C18H27N3O4S/c1-4-21(5-2)26(24,25)16-9-6-8-15(12-16)18(23)19-14(3)13-20-11-7-10-17(20)22/h6,8-9,12,14H,4-5,7,10-11,13H2,1-3H3,(H,19,23)/t14-/m0/s1. The van der Waals surface area contributed by atoms with Crippen LogP contribution in [0.4, 0.5) is 0 Å². The summed E-state index contributed by atoms with van der Waals surface area (Å²) in [5.41, 5.74) is 0.290. The van der Waals surface area contributed by atoms with E-state index >= 15 is 0 Å². The number of carbonyl (C=O) groups is 2. The van der Waals surface area contributed by atoms with Gasteiger partial charge >= 0.3 is 0 Å². The fourth-order valence-electron chi connectivity index (χ4n) is 3.09. The molecule has 0 aliphatic carbocycles. The van der Waals surface area contributed by atoms with E-state index in [-0.39, 0.29) is 28.3 Å². The molecule has 26 heavy (non-hydrogen) atoms. The molecule has 1 aliphatic heterocycles. The van der Waals surface area contributed by atoms with Gasteiger partial charge in [0.05, 0.1) is 4.90 Å². The topological polar surface area (TPSA) is 86.8 Å². The molecule has 1 aromatic carbocycles. The number of rotatable bonds is 8. The molecule has 0 unspecified atom stereocenters. The highest BCUT2D eigenvalue weighted by Crippen LogP contribution is 2.17. The van der Waals surface area contributed by atoms with E-state index in [9.17, 15) is 18.0 Å². The van der Waals surface area contributed by atoms with Crippen LogP contribution in [0.3, 0.4) is 0 Å². The van der Waals surface area contributed by atoms with Gasteiger partial charge in [-0.15, -0.1) is 0 Å². The zero-order chi connectivity index (χ0) is 19.3. The van der Waals surface area contributed by atoms with Gasteiger partial charge in [-0.3, -0.25) is 9.59 Å². The molecule has 1 N–H and O–H groups in total. The zero-order valence-electron chi connectivity index (χ0n) is 15.6. The predicted octanol–water partition coefficient (Wildman–Crippen LogP) is 1.46. The van der Waals surface area contributed by atoms with Gasteiger partial charge in [0, 0.05) is 44.2 Å². The van der Waals surface area contributed by atoms with Crippen LogP contribution >= 0.6 is 0 Å². The Kier molecular flexibility index (Phi) is 6.77. The summed E-state index contributed by atoms with van der Waals surface area (Å²) >= 11 is 0. The second-order valence-electron chi connectivity index (χ2n) is 6.43. The zero-order valence-corrected chi connectivity index (χ0v) is 16.4. The molecule has 7 nitrogen and oxygen atoms in total. The third-order valence-electron chi connectivity index (χ3n) is 4.48. The quantitative estimate of drug-likeness (QED) is 0.738. The second-order valence-corrected chi connectivity index (χ2v) is 8.37. The molecule has 8 heteroatoms. The molecule has 0 spiro atoms. The number of nitrogens with zero attached hydrogens (tertiary/aromatic N) is 2. The van der Waals surface area contributed by atoms with Gasteiger partial charge in [0.25, 0.3) is 5.91 Å². The molecule has 1 atom stereocenters. The maximum absolute atomic E-state index is 12.6. The van der Waals surface area contributed by atoms with E-state index in [1.165, 1.54) is 16.4 Å². The van der Waals surface area contributed by atoms with Crippen LogP contribution in [0.15, 0.2) is 29.2 Å². The number of carbonyl (C=O) groups excluding carboxylic acids is 2. The number of hydrogen-bond donors (Lipinski definition) is 1. The highest BCUT2D eigenvalue weighted by molar-refractivity contribution is 7.89. The molecule has 1 saturated heterocycles. The summed E-state index contributed by atoms with van der Waals surface area (Å²) in [6.45, 7) is 7.31. The largest absolute Gasteiger partial charge is 0.348 e. The Balaban J connectivity index is 2.09. The lowest BCUT2D eigenvalue weighted by Crippen LogP contribution is -2.42. The molecule has 0 radical (unpaired) electrons. The van der Waals surface area contributed by atoms with Crippen molar-refractivity contribution in [3.05, 3.63) is 29.8 Å². The average Bonchev–Trinajstić information content (AvgIpc) is 3.00. The lowest BCUT2D eigenvalue weighted by Gasteiger charge is -2.22. The van der Waals surface area contributed by atoms with E-state index in [0.29, 0.717) is 26.1 Å². The van der Waals surface area contributed by atoms with Crippen molar-refractivity contribution in [3.8, 4) is 0 Å². The summed E-state index contributed by atoms with van der Waals surface area (Å²) in [5, 5.41) is 2.84. The maximum Gasteiger partial charge on any atom is 0.251 e. The molecular weight excluding hydrogens is 354 g/mol. The molecule has 1 heterocycles. The molecule has 0 saturated carbocycles. The summed E-state index contributed by atoms with van der Waals surface area (Å²) in [6.07, 6.45) is 1.41. The highest BCUT2D eigenvalue weighted by atomic mass is 32.2. The van der Waals surface area contributed by atoms with Crippen molar-refractivity contribution in [2.24, 2.45) is 0 Å². The number of sulfonamides is 1. The second kappa shape index (κ2) is 8.64. The molecular formula is C18H27N3O4S. The number of benzene rings is 1. The van der Waals surface area contributed by atoms with Gasteiger partial charge in [0.2, 0.25) is 15.9 Å². The van der Waals surface area contributed by atoms with E-state index in [2.05, 4.69) is 5.32 Å². The van der Waals surface area contributed by atoms with E-state index in [4.69, 9.17) is 0 Å². The lowest BCUT2D eigenvalue weighted by molar-refractivity contribution is -0.127. The highest BCUT2D eigenvalue weighted by Gasteiger charge is 2.24. The Morgan fingerprint density at radius 1 is 1.31 bits per heavy atom. The van der Waals surface area contributed by atoms with Crippen LogP contribution in [0, 0.1) is 0 Å². The van der Waals surface area contributed by atoms with E-state index in [1.54, 1.807) is 30.9 Å². The Labute approximate surface area is 155 Å². The van der Waals surface area contributed by atoms with Gasteiger partial charge in [0.15, 0.2) is 0 Å². The fraction of sp³-hybridized carbons (Fsp3) is 0.556. The minimum Gasteiger partial charge on any atom is -0.348 e. The van der Waals surface area contributed by atoms with Crippen LogP contribution < -0.4 is 5.32 Å². The van der Waals surface area contributed by atoms with Crippen LogP contribution in [-0.4, -0.2) is 61.7 Å². The Morgan fingerprint density at radius 2 is 2.00 bits per heavy atom. The Morgan fingerprint density at radius 3 is 2.58 bits per heavy atom. The Hall–Kier alpha value is -1.93. The van der Waals surface area contributed by atoms with Gasteiger partial charge in [-0.05, 0) is 31.5 Å². The van der Waals surface area contributed by atoms with Crippen LogP contribution in [0.5, 0.6) is 0 Å². The summed E-state index contributed by atoms with van der Waals surface area (Å²) in [7, 11) is -3.61. The van der Waals surface area contributed by atoms with Crippen molar-refractivity contribution in [1.82, 2.24) is 14.5 Å². The van der Waals surface area contributed by atoms with Crippen LogP contribution in [0.2, 0.25) is 0 Å². The molecule has 0 aromatic heterocycles. The molecule has 0 bridgehead atoms. The van der Waals surface area contributed by atoms with E-state index < -0.39 is 10.0 Å². The van der Waals surface area contributed by atoms with Crippen molar-refractivity contribution in [2.75, 3.05) is 26.2 Å². The van der Waals surface area contributed by atoms with Crippen molar-refractivity contribution in [1.29, 1.82) is 0 Å². The molecule has 1 aromatic rings. The number of likely N-dealkylation sites (tertiary alicyclic amines) is 1. The maximum atomic E-state index is 12.6. The third kappa shape index (κ3) is 4.62. The smallest absolute Gasteiger partial charge is 0.251 e. The lowest BCUT2D eigenvalue weighted by atomic mass is 10.2. The van der Waals surface area contributed by atoms with Crippen molar-refractivity contribution in [2.45, 2.75) is 44.6 Å². The molecule has 2 amide bonds. The van der Waals surface area contributed by atoms with Crippen molar-refractivity contribution >= 4 is 21.8 Å². The number of nitrogens with one attached hydrogen (secondary N) is 1. The summed E-state index contributed by atoms with van der Waals surface area (Å²) in [5.74, 6) is -0.237. The predicted molar refractivity (Wildman–Crippen MR) is 99.3 cm³/mol. The molecule has 144 valence electrons.